The van der Waals surface area contributed by atoms with E-state index in [2.05, 4.69) is 26.6 Å². The van der Waals surface area contributed by atoms with E-state index in [4.69, 9.17) is 16.3 Å². The van der Waals surface area contributed by atoms with Crippen LogP contribution in [0.1, 0.15) is 12.0 Å². The van der Waals surface area contributed by atoms with Crippen molar-refractivity contribution in [2.75, 3.05) is 25.0 Å². The molecule has 1 atom stereocenters. The average molecular weight is 348 g/mol. The standard InChI is InChI=1S/C13H16BrClN2O2/c1-8-4-10(14)12(6-11(8)15)17-13(18)5-9-7-16-2-3-19-9/h4,6,9,16H,2-3,5,7H2,1H3,(H,17,18). The van der Waals surface area contributed by atoms with Crippen LogP contribution < -0.4 is 10.6 Å². The van der Waals surface area contributed by atoms with Gasteiger partial charge in [-0.25, -0.2) is 0 Å². The van der Waals surface area contributed by atoms with Crippen LogP contribution in [0.5, 0.6) is 0 Å². The predicted octanol–water partition coefficient (Wildman–Crippen LogP) is 2.73. The Bertz CT molecular complexity index is 476. The lowest BCUT2D eigenvalue weighted by Gasteiger charge is -2.23. The zero-order valence-corrected chi connectivity index (χ0v) is 13.0. The molecule has 0 spiro atoms. The van der Waals surface area contributed by atoms with Crippen LogP contribution in [0.25, 0.3) is 0 Å². The molecular formula is C13H16BrClN2O2. The maximum atomic E-state index is 11.9. The molecule has 1 aromatic carbocycles. The van der Waals surface area contributed by atoms with E-state index >= 15 is 0 Å². The minimum Gasteiger partial charge on any atom is -0.375 e. The van der Waals surface area contributed by atoms with Gasteiger partial charge in [0.05, 0.1) is 24.8 Å². The summed E-state index contributed by atoms with van der Waals surface area (Å²) in [4.78, 5) is 11.9. The van der Waals surface area contributed by atoms with Gasteiger partial charge in [0, 0.05) is 22.6 Å². The van der Waals surface area contributed by atoms with Crippen LogP contribution in [0, 0.1) is 6.92 Å². The molecule has 2 rings (SSSR count). The van der Waals surface area contributed by atoms with Gasteiger partial charge in [0.2, 0.25) is 5.91 Å². The highest BCUT2D eigenvalue weighted by molar-refractivity contribution is 9.10. The van der Waals surface area contributed by atoms with Gasteiger partial charge < -0.3 is 15.4 Å². The molecule has 1 fully saturated rings. The largest absolute Gasteiger partial charge is 0.375 e. The quantitative estimate of drug-likeness (QED) is 0.884. The summed E-state index contributed by atoms with van der Waals surface area (Å²) < 4.78 is 6.32. The summed E-state index contributed by atoms with van der Waals surface area (Å²) in [6.45, 7) is 4.12. The summed E-state index contributed by atoms with van der Waals surface area (Å²) >= 11 is 9.47. The van der Waals surface area contributed by atoms with Gasteiger partial charge in [-0.05, 0) is 40.5 Å². The number of aryl methyl sites for hydroxylation is 1. The minimum absolute atomic E-state index is 0.0616. The second kappa shape index (κ2) is 6.70. The minimum atomic E-state index is -0.0747. The highest BCUT2D eigenvalue weighted by Gasteiger charge is 2.18. The predicted molar refractivity (Wildman–Crippen MR) is 79.7 cm³/mol. The average Bonchev–Trinajstić information content (AvgIpc) is 2.37. The van der Waals surface area contributed by atoms with Crippen molar-refractivity contribution in [3.8, 4) is 0 Å². The molecule has 2 N–H and O–H groups in total. The molecule has 6 heteroatoms. The fraction of sp³-hybridized carbons (Fsp3) is 0.462. The van der Waals surface area contributed by atoms with Crippen LogP contribution in [0.4, 0.5) is 5.69 Å². The molecule has 0 saturated carbocycles. The van der Waals surface area contributed by atoms with Crippen LogP contribution in [0.15, 0.2) is 16.6 Å². The molecule has 104 valence electrons. The first kappa shape index (κ1) is 14.8. The zero-order valence-electron chi connectivity index (χ0n) is 10.6. The summed E-state index contributed by atoms with van der Waals surface area (Å²) in [5, 5.41) is 6.68. The molecule has 1 aliphatic heterocycles. The Morgan fingerprint density at radius 1 is 1.63 bits per heavy atom. The number of amides is 1. The first-order chi connectivity index (χ1) is 9.06. The van der Waals surface area contributed by atoms with E-state index in [1.165, 1.54) is 0 Å². The Kier molecular flexibility index (Phi) is 5.21. The van der Waals surface area contributed by atoms with E-state index in [0.29, 0.717) is 30.3 Å². The third kappa shape index (κ3) is 4.18. The van der Waals surface area contributed by atoms with E-state index in [9.17, 15) is 4.79 Å². The van der Waals surface area contributed by atoms with Crippen molar-refractivity contribution in [3.05, 3.63) is 27.2 Å². The SMILES string of the molecule is Cc1cc(Br)c(NC(=O)CC2CNCCO2)cc1Cl. The lowest BCUT2D eigenvalue weighted by Crippen LogP contribution is -2.40. The second-order valence-corrected chi connectivity index (χ2v) is 5.79. The lowest BCUT2D eigenvalue weighted by molar-refractivity contribution is -0.119. The van der Waals surface area contributed by atoms with Crippen molar-refractivity contribution in [3.63, 3.8) is 0 Å². The number of morpholine rings is 1. The van der Waals surface area contributed by atoms with E-state index in [0.717, 1.165) is 16.6 Å². The number of rotatable bonds is 3. The molecule has 0 radical (unpaired) electrons. The van der Waals surface area contributed by atoms with Gasteiger partial charge in [-0.2, -0.15) is 0 Å². The summed E-state index contributed by atoms with van der Waals surface area (Å²) in [6.07, 6.45) is 0.277. The van der Waals surface area contributed by atoms with E-state index in [1.54, 1.807) is 6.07 Å². The summed E-state index contributed by atoms with van der Waals surface area (Å²) in [7, 11) is 0. The maximum Gasteiger partial charge on any atom is 0.227 e. The number of hydrogen-bond acceptors (Lipinski definition) is 3. The number of carbonyl (C=O) groups is 1. The van der Waals surface area contributed by atoms with Crippen LogP contribution in [0.3, 0.4) is 0 Å². The fourth-order valence-electron chi connectivity index (χ4n) is 1.90. The highest BCUT2D eigenvalue weighted by atomic mass is 79.9. The van der Waals surface area contributed by atoms with Crippen molar-refractivity contribution in [1.29, 1.82) is 0 Å². The molecule has 0 aromatic heterocycles. The van der Waals surface area contributed by atoms with Crippen LogP contribution in [0.2, 0.25) is 5.02 Å². The van der Waals surface area contributed by atoms with Gasteiger partial charge in [-0.3, -0.25) is 4.79 Å². The summed E-state index contributed by atoms with van der Waals surface area (Å²) in [6, 6.07) is 3.63. The van der Waals surface area contributed by atoms with Crippen LogP contribution >= 0.6 is 27.5 Å². The second-order valence-electron chi connectivity index (χ2n) is 4.53. The molecule has 19 heavy (non-hydrogen) atoms. The van der Waals surface area contributed by atoms with Crippen LogP contribution in [-0.2, 0) is 9.53 Å². The molecule has 1 saturated heterocycles. The topological polar surface area (TPSA) is 50.4 Å². The number of hydrogen-bond donors (Lipinski definition) is 2. The Morgan fingerprint density at radius 2 is 2.42 bits per heavy atom. The Balaban J connectivity index is 1.96. The van der Waals surface area contributed by atoms with Gasteiger partial charge in [-0.1, -0.05) is 11.6 Å². The van der Waals surface area contributed by atoms with Crippen LogP contribution in [-0.4, -0.2) is 31.7 Å². The van der Waals surface area contributed by atoms with Crippen molar-refractivity contribution >= 4 is 39.1 Å². The normalized spacial score (nSPS) is 19.2. The van der Waals surface area contributed by atoms with Gasteiger partial charge in [0.1, 0.15) is 0 Å². The maximum absolute atomic E-state index is 11.9. The molecule has 0 bridgehead atoms. The monoisotopic (exact) mass is 346 g/mol. The molecule has 1 amide bonds. The number of ether oxygens (including phenoxy) is 1. The Labute approximate surface area is 126 Å². The van der Waals surface area contributed by atoms with Gasteiger partial charge in [0.25, 0.3) is 0 Å². The van der Waals surface area contributed by atoms with Crippen molar-refractivity contribution in [2.24, 2.45) is 0 Å². The number of benzene rings is 1. The number of halogens is 2. The third-order valence-corrected chi connectivity index (χ3v) is 4.00. The van der Waals surface area contributed by atoms with Gasteiger partial charge >= 0.3 is 0 Å². The molecule has 1 unspecified atom stereocenters. The van der Waals surface area contributed by atoms with E-state index in [-0.39, 0.29) is 12.0 Å². The summed E-state index contributed by atoms with van der Waals surface area (Å²) in [5.74, 6) is -0.0747. The Morgan fingerprint density at radius 3 is 3.11 bits per heavy atom. The lowest BCUT2D eigenvalue weighted by atomic mass is 10.2. The molecule has 1 aliphatic rings. The molecular weight excluding hydrogens is 332 g/mol. The van der Waals surface area contributed by atoms with E-state index < -0.39 is 0 Å². The first-order valence-electron chi connectivity index (χ1n) is 6.14. The highest BCUT2D eigenvalue weighted by Crippen LogP contribution is 2.29. The smallest absolute Gasteiger partial charge is 0.227 e. The fourth-order valence-corrected chi connectivity index (χ4v) is 2.62. The Hall–Kier alpha value is -0.620. The van der Waals surface area contributed by atoms with Crippen molar-refractivity contribution in [1.82, 2.24) is 5.32 Å². The number of anilines is 1. The van der Waals surface area contributed by atoms with Gasteiger partial charge in [-0.15, -0.1) is 0 Å². The molecule has 1 aromatic rings. The van der Waals surface area contributed by atoms with Crippen molar-refractivity contribution < 1.29 is 9.53 Å². The number of nitrogens with one attached hydrogen (secondary N) is 2. The molecule has 1 heterocycles. The van der Waals surface area contributed by atoms with E-state index in [1.807, 2.05) is 13.0 Å². The third-order valence-electron chi connectivity index (χ3n) is 2.94. The zero-order chi connectivity index (χ0) is 13.8. The molecule has 0 aliphatic carbocycles. The summed E-state index contributed by atoms with van der Waals surface area (Å²) in [5.41, 5.74) is 1.65. The van der Waals surface area contributed by atoms with Crippen molar-refractivity contribution in [2.45, 2.75) is 19.4 Å². The van der Waals surface area contributed by atoms with Gasteiger partial charge in [0.15, 0.2) is 0 Å². The molecule has 4 nitrogen and oxygen atoms in total. The number of carbonyl (C=O) groups excluding carboxylic acids is 1. The first-order valence-corrected chi connectivity index (χ1v) is 7.31.